The lowest BCUT2D eigenvalue weighted by Gasteiger charge is -2.36. The van der Waals surface area contributed by atoms with Gasteiger partial charge in [-0.25, -0.2) is 0 Å². The molecule has 176 valence electrons. The van der Waals surface area contributed by atoms with E-state index in [4.69, 9.17) is 14.2 Å². The first-order chi connectivity index (χ1) is 14.1. The molecule has 30 heavy (non-hydrogen) atoms. The molecule has 0 radical (unpaired) electrons. The van der Waals surface area contributed by atoms with E-state index in [1.165, 1.54) is 12.8 Å². The molecule has 0 aliphatic carbocycles. The van der Waals surface area contributed by atoms with Gasteiger partial charge in [0.1, 0.15) is 0 Å². The number of nitrogens with one attached hydrogen (secondary N) is 1. The Morgan fingerprint density at radius 2 is 1.83 bits per heavy atom. The van der Waals surface area contributed by atoms with Crippen LogP contribution < -0.4 is 5.32 Å². The largest absolute Gasteiger partial charge is 0.376 e. The van der Waals surface area contributed by atoms with Crippen molar-refractivity contribution in [2.45, 2.75) is 76.8 Å². The lowest BCUT2D eigenvalue weighted by atomic mass is 10.1. The molecule has 3 heterocycles. The maximum absolute atomic E-state index is 6.14. The van der Waals surface area contributed by atoms with Crippen LogP contribution in [0.4, 0.5) is 0 Å². The molecule has 3 saturated heterocycles. The lowest BCUT2D eigenvalue weighted by Crippen LogP contribution is -2.48. The van der Waals surface area contributed by atoms with E-state index in [-0.39, 0.29) is 24.0 Å². The van der Waals surface area contributed by atoms with Gasteiger partial charge in [-0.05, 0) is 52.4 Å². The van der Waals surface area contributed by atoms with Gasteiger partial charge in [-0.2, -0.15) is 0 Å². The van der Waals surface area contributed by atoms with Crippen molar-refractivity contribution in [1.29, 1.82) is 0 Å². The van der Waals surface area contributed by atoms with Crippen LogP contribution in [-0.4, -0.2) is 99.7 Å². The molecule has 0 aromatic carbocycles. The van der Waals surface area contributed by atoms with E-state index >= 15 is 0 Å². The van der Waals surface area contributed by atoms with Crippen LogP contribution >= 0.6 is 24.0 Å². The Kier molecular flexibility index (Phi) is 12.2. The number of piperidine rings is 1. The van der Waals surface area contributed by atoms with Crippen LogP contribution in [0.3, 0.4) is 0 Å². The third-order valence-corrected chi connectivity index (χ3v) is 6.17. The zero-order valence-electron chi connectivity index (χ0n) is 19.2. The predicted molar refractivity (Wildman–Crippen MR) is 132 cm³/mol. The van der Waals surface area contributed by atoms with Gasteiger partial charge in [-0.15, -0.1) is 24.0 Å². The summed E-state index contributed by atoms with van der Waals surface area (Å²) in [5.74, 6) is 1.03. The Hall–Kier alpha value is -0.160. The van der Waals surface area contributed by atoms with Crippen LogP contribution in [0, 0.1) is 0 Å². The van der Waals surface area contributed by atoms with Gasteiger partial charge < -0.3 is 24.4 Å². The smallest absolute Gasteiger partial charge is 0.193 e. The van der Waals surface area contributed by atoms with Gasteiger partial charge in [0, 0.05) is 52.9 Å². The van der Waals surface area contributed by atoms with E-state index in [9.17, 15) is 0 Å². The highest BCUT2D eigenvalue weighted by Crippen LogP contribution is 2.18. The Balaban J connectivity index is 0.00000320. The summed E-state index contributed by atoms with van der Waals surface area (Å²) in [6.45, 7) is 12.2. The second-order valence-electron chi connectivity index (χ2n) is 8.85. The molecule has 3 unspecified atom stereocenters. The third-order valence-electron chi connectivity index (χ3n) is 6.17. The first-order valence-corrected chi connectivity index (χ1v) is 11.7. The first-order valence-electron chi connectivity index (χ1n) is 11.7. The van der Waals surface area contributed by atoms with E-state index in [0.29, 0.717) is 24.4 Å². The molecule has 3 rings (SSSR count). The Morgan fingerprint density at radius 3 is 2.47 bits per heavy atom. The van der Waals surface area contributed by atoms with E-state index in [2.05, 4.69) is 34.0 Å². The standard InChI is InChI=1S/C22H42N4O3.HI/c1-18-15-25(16-19(2)29-18)11-6-10-24-22(23-3)26-12-8-20(9-13-26)28-17-21-7-4-5-14-27-21;/h18-21H,4-17H2,1-3H3,(H,23,24);1H. The van der Waals surface area contributed by atoms with Gasteiger partial charge in [-0.3, -0.25) is 9.89 Å². The number of nitrogens with zero attached hydrogens (tertiary/aromatic N) is 3. The summed E-state index contributed by atoms with van der Waals surface area (Å²) in [6.07, 6.45) is 8.24. The number of halogens is 1. The zero-order chi connectivity index (χ0) is 20.5. The number of likely N-dealkylation sites (tertiary alicyclic amines) is 1. The van der Waals surface area contributed by atoms with Gasteiger partial charge in [0.05, 0.1) is 31.0 Å². The van der Waals surface area contributed by atoms with Crippen LogP contribution in [0.5, 0.6) is 0 Å². The second-order valence-corrected chi connectivity index (χ2v) is 8.85. The van der Waals surface area contributed by atoms with Crippen molar-refractivity contribution >= 4 is 29.9 Å². The molecule has 8 heteroatoms. The average molecular weight is 539 g/mol. The molecular formula is C22H43IN4O3. The minimum Gasteiger partial charge on any atom is -0.376 e. The average Bonchev–Trinajstić information content (AvgIpc) is 2.73. The number of rotatable bonds is 7. The molecule has 0 aromatic rings. The zero-order valence-corrected chi connectivity index (χ0v) is 21.5. The minimum atomic E-state index is 0. The molecule has 3 atom stereocenters. The molecule has 0 aromatic heterocycles. The Bertz CT molecular complexity index is 487. The Labute approximate surface area is 200 Å². The monoisotopic (exact) mass is 538 g/mol. The number of morpholine rings is 1. The van der Waals surface area contributed by atoms with Crippen molar-refractivity contribution in [2.75, 3.05) is 59.5 Å². The molecular weight excluding hydrogens is 495 g/mol. The van der Waals surface area contributed by atoms with Gasteiger partial charge in [0.25, 0.3) is 0 Å². The van der Waals surface area contributed by atoms with Gasteiger partial charge in [0.15, 0.2) is 5.96 Å². The number of guanidine groups is 1. The van der Waals surface area contributed by atoms with Gasteiger partial charge in [-0.1, -0.05) is 0 Å². The summed E-state index contributed by atoms with van der Waals surface area (Å²) in [5.41, 5.74) is 0. The van der Waals surface area contributed by atoms with Crippen molar-refractivity contribution < 1.29 is 14.2 Å². The summed E-state index contributed by atoms with van der Waals surface area (Å²) in [4.78, 5) is 9.39. The quantitative estimate of drug-likeness (QED) is 0.233. The van der Waals surface area contributed by atoms with Gasteiger partial charge in [0.2, 0.25) is 0 Å². The highest BCUT2D eigenvalue weighted by Gasteiger charge is 2.24. The highest BCUT2D eigenvalue weighted by molar-refractivity contribution is 14.0. The number of hydrogen-bond donors (Lipinski definition) is 1. The van der Waals surface area contributed by atoms with Crippen molar-refractivity contribution in [3.63, 3.8) is 0 Å². The predicted octanol–water partition coefficient (Wildman–Crippen LogP) is 2.73. The molecule has 3 aliphatic heterocycles. The van der Waals surface area contributed by atoms with E-state index in [0.717, 1.165) is 84.1 Å². The number of ether oxygens (including phenoxy) is 3. The second kappa shape index (κ2) is 14.1. The molecule has 0 bridgehead atoms. The highest BCUT2D eigenvalue weighted by atomic mass is 127. The molecule has 0 spiro atoms. The summed E-state index contributed by atoms with van der Waals surface area (Å²) < 4.78 is 17.7. The van der Waals surface area contributed by atoms with Crippen LogP contribution in [-0.2, 0) is 14.2 Å². The fraction of sp³-hybridized carbons (Fsp3) is 0.955. The maximum Gasteiger partial charge on any atom is 0.193 e. The van der Waals surface area contributed by atoms with Crippen LogP contribution in [0.1, 0.15) is 52.4 Å². The molecule has 7 nitrogen and oxygen atoms in total. The molecule has 3 aliphatic rings. The first kappa shape index (κ1) is 26.1. The van der Waals surface area contributed by atoms with Crippen LogP contribution in [0.15, 0.2) is 4.99 Å². The van der Waals surface area contributed by atoms with Gasteiger partial charge >= 0.3 is 0 Å². The van der Waals surface area contributed by atoms with Crippen molar-refractivity contribution in [3.8, 4) is 0 Å². The summed E-state index contributed by atoms with van der Waals surface area (Å²) in [6, 6.07) is 0. The van der Waals surface area contributed by atoms with E-state index in [1.807, 2.05) is 7.05 Å². The summed E-state index contributed by atoms with van der Waals surface area (Å²) in [7, 11) is 1.89. The minimum absolute atomic E-state index is 0. The topological polar surface area (TPSA) is 58.6 Å². The van der Waals surface area contributed by atoms with Crippen molar-refractivity contribution in [1.82, 2.24) is 15.1 Å². The lowest BCUT2D eigenvalue weighted by molar-refractivity contribution is -0.0721. The molecule has 0 amide bonds. The maximum atomic E-state index is 6.14. The SMILES string of the molecule is CN=C(NCCCN1CC(C)OC(C)C1)N1CCC(OCC2CCCCO2)CC1.I. The number of aliphatic imine (C=N–C) groups is 1. The fourth-order valence-corrected chi connectivity index (χ4v) is 4.72. The number of hydrogen-bond acceptors (Lipinski definition) is 5. The molecule has 0 saturated carbocycles. The summed E-state index contributed by atoms with van der Waals surface area (Å²) >= 11 is 0. The van der Waals surface area contributed by atoms with Crippen LogP contribution in [0.2, 0.25) is 0 Å². The van der Waals surface area contributed by atoms with E-state index in [1.54, 1.807) is 0 Å². The summed E-state index contributed by atoms with van der Waals surface area (Å²) in [5, 5.41) is 3.56. The van der Waals surface area contributed by atoms with Crippen molar-refractivity contribution in [2.24, 2.45) is 4.99 Å². The Morgan fingerprint density at radius 1 is 1.10 bits per heavy atom. The fourth-order valence-electron chi connectivity index (χ4n) is 4.72. The van der Waals surface area contributed by atoms with Crippen molar-refractivity contribution in [3.05, 3.63) is 0 Å². The molecule has 1 N–H and O–H groups in total. The normalized spacial score (nSPS) is 29.5. The van der Waals surface area contributed by atoms with E-state index < -0.39 is 0 Å². The molecule has 3 fully saturated rings. The third kappa shape index (κ3) is 8.76. The van der Waals surface area contributed by atoms with Crippen LogP contribution in [0.25, 0.3) is 0 Å².